The molecule has 2 rings (SSSR count). The van der Waals surface area contributed by atoms with E-state index in [1.54, 1.807) is 0 Å². The number of carbonyl (C=O) groups is 1. The minimum absolute atomic E-state index is 0.101. The van der Waals surface area contributed by atoms with Gasteiger partial charge in [0.2, 0.25) is 0 Å². The summed E-state index contributed by atoms with van der Waals surface area (Å²) < 4.78 is 0. The molecule has 0 heterocycles. The third-order valence-corrected chi connectivity index (χ3v) is 4.21. The van der Waals surface area contributed by atoms with Crippen LogP contribution in [0.4, 0.5) is 4.79 Å². The van der Waals surface area contributed by atoms with Crippen molar-refractivity contribution in [3.8, 4) is 0 Å². The standard InChI is InChI=1S/C17H26N2O2/c1-12-4-3-5-14(10-12)13(2)11-18-17(21)19-15-6-8-16(20)9-7-15/h3-5,10,13,15-16,20H,6-9,11H2,1-2H3,(H2,18,19,21). The first kappa shape index (κ1) is 15.8. The number of urea groups is 1. The van der Waals surface area contributed by atoms with Gasteiger partial charge in [-0.3, -0.25) is 0 Å². The topological polar surface area (TPSA) is 61.4 Å². The van der Waals surface area contributed by atoms with Gasteiger partial charge >= 0.3 is 6.03 Å². The molecule has 1 unspecified atom stereocenters. The molecule has 2 amide bonds. The lowest BCUT2D eigenvalue weighted by Crippen LogP contribution is -2.45. The maximum absolute atomic E-state index is 11.9. The van der Waals surface area contributed by atoms with E-state index >= 15 is 0 Å². The summed E-state index contributed by atoms with van der Waals surface area (Å²) in [6, 6.07) is 8.48. The SMILES string of the molecule is Cc1cccc(C(C)CNC(=O)NC2CCC(O)CC2)c1. The Labute approximate surface area is 126 Å². The van der Waals surface area contributed by atoms with Crippen LogP contribution in [-0.2, 0) is 0 Å². The van der Waals surface area contributed by atoms with E-state index in [2.05, 4.69) is 48.7 Å². The maximum atomic E-state index is 11.9. The molecule has 1 atom stereocenters. The van der Waals surface area contributed by atoms with E-state index in [-0.39, 0.29) is 18.2 Å². The van der Waals surface area contributed by atoms with Gasteiger partial charge in [0.15, 0.2) is 0 Å². The van der Waals surface area contributed by atoms with Crippen LogP contribution in [0.15, 0.2) is 24.3 Å². The van der Waals surface area contributed by atoms with Gasteiger partial charge < -0.3 is 15.7 Å². The number of hydrogen-bond donors (Lipinski definition) is 3. The van der Waals surface area contributed by atoms with Gasteiger partial charge in [-0.05, 0) is 44.1 Å². The summed E-state index contributed by atoms with van der Waals surface area (Å²) in [6.07, 6.45) is 3.10. The minimum Gasteiger partial charge on any atom is -0.393 e. The first-order chi connectivity index (χ1) is 10.0. The van der Waals surface area contributed by atoms with E-state index in [0.29, 0.717) is 12.5 Å². The van der Waals surface area contributed by atoms with Crippen LogP contribution in [0.5, 0.6) is 0 Å². The van der Waals surface area contributed by atoms with E-state index in [4.69, 9.17) is 0 Å². The largest absolute Gasteiger partial charge is 0.393 e. The molecule has 1 aromatic carbocycles. The van der Waals surface area contributed by atoms with Gasteiger partial charge in [-0.1, -0.05) is 36.8 Å². The second-order valence-corrected chi connectivity index (χ2v) is 6.17. The Balaban J connectivity index is 1.73. The Hall–Kier alpha value is -1.55. The summed E-state index contributed by atoms with van der Waals surface area (Å²) >= 11 is 0. The van der Waals surface area contributed by atoms with Gasteiger partial charge in [0.25, 0.3) is 0 Å². The summed E-state index contributed by atoms with van der Waals surface area (Å²) in [4.78, 5) is 11.9. The van der Waals surface area contributed by atoms with Crippen LogP contribution in [0.25, 0.3) is 0 Å². The van der Waals surface area contributed by atoms with Crippen LogP contribution in [0.3, 0.4) is 0 Å². The van der Waals surface area contributed by atoms with E-state index in [9.17, 15) is 9.90 Å². The first-order valence-electron chi connectivity index (χ1n) is 7.83. The van der Waals surface area contributed by atoms with Crippen molar-refractivity contribution in [1.82, 2.24) is 10.6 Å². The molecule has 0 aromatic heterocycles. The number of carbonyl (C=O) groups excluding carboxylic acids is 1. The molecule has 4 nitrogen and oxygen atoms in total. The third kappa shape index (κ3) is 5.05. The predicted molar refractivity (Wildman–Crippen MR) is 84.4 cm³/mol. The minimum atomic E-state index is -0.188. The quantitative estimate of drug-likeness (QED) is 0.798. The smallest absolute Gasteiger partial charge is 0.315 e. The summed E-state index contributed by atoms with van der Waals surface area (Å²) in [7, 11) is 0. The fourth-order valence-corrected chi connectivity index (χ4v) is 2.80. The Morgan fingerprint density at radius 1 is 1.33 bits per heavy atom. The lowest BCUT2D eigenvalue weighted by molar-refractivity contribution is 0.117. The van der Waals surface area contributed by atoms with Crippen molar-refractivity contribution in [2.45, 2.75) is 57.6 Å². The van der Waals surface area contributed by atoms with Gasteiger partial charge in [0, 0.05) is 12.6 Å². The van der Waals surface area contributed by atoms with E-state index < -0.39 is 0 Å². The predicted octanol–water partition coefficient (Wildman–Crippen LogP) is 2.70. The highest BCUT2D eigenvalue weighted by atomic mass is 16.3. The Kier molecular flexibility index (Phi) is 5.62. The van der Waals surface area contributed by atoms with E-state index in [0.717, 1.165) is 25.7 Å². The number of aliphatic hydroxyl groups excluding tert-OH is 1. The van der Waals surface area contributed by atoms with Crippen LogP contribution in [0.2, 0.25) is 0 Å². The van der Waals surface area contributed by atoms with Gasteiger partial charge in [0.05, 0.1) is 6.10 Å². The molecule has 1 fully saturated rings. The van der Waals surface area contributed by atoms with Crippen LogP contribution in [-0.4, -0.2) is 29.8 Å². The fraction of sp³-hybridized carbons (Fsp3) is 0.588. The number of amides is 2. The monoisotopic (exact) mass is 290 g/mol. The Morgan fingerprint density at radius 2 is 2.05 bits per heavy atom. The van der Waals surface area contributed by atoms with Crippen LogP contribution >= 0.6 is 0 Å². The van der Waals surface area contributed by atoms with Crippen molar-refractivity contribution < 1.29 is 9.90 Å². The van der Waals surface area contributed by atoms with Crippen LogP contribution in [0, 0.1) is 6.92 Å². The number of benzene rings is 1. The highest BCUT2D eigenvalue weighted by Gasteiger charge is 2.20. The molecule has 0 aliphatic heterocycles. The highest BCUT2D eigenvalue weighted by molar-refractivity contribution is 5.74. The number of aliphatic hydroxyl groups is 1. The van der Waals surface area contributed by atoms with Gasteiger partial charge in [-0.2, -0.15) is 0 Å². The van der Waals surface area contributed by atoms with Gasteiger partial charge in [0.1, 0.15) is 0 Å². The second-order valence-electron chi connectivity index (χ2n) is 6.17. The fourth-order valence-electron chi connectivity index (χ4n) is 2.80. The zero-order valence-electron chi connectivity index (χ0n) is 12.9. The van der Waals surface area contributed by atoms with Crippen molar-refractivity contribution >= 4 is 6.03 Å². The van der Waals surface area contributed by atoms with E-state index in [1.807, 2.05) is 0 Å². The van der Waals surface area contributed by atoms with Crippen molar-refractivity contribution in [3.05, 3.63) is 35.4 Å². The molecule has 0 radical (unpaired) electrons. The molecule has 1 saturated carbocycles. The Bertz CT molecular complexity index is 468. The van der Waals surface area contributed by atoms with Gasteiger partial charge in [-0.15, -0.1) is 0 Å². The number of rotatable bonds is 4. The van der Waals surface area contributed by atoms with Crippen molar-refractivity contribution in [2.24, 2.45) is 0 Å². The molecule has 0 spiro atoms. The lowest BCUT2D eigenvalue weighted by atomic mass is 9.93. The summed E-state index contributed by atoms with van der Waals surface area (Å²) in [5.74, 6) is 0.295. The normalized spacial score (nSPS) is 23.4. The molecular weight excluding hydrogens is 264 g/mol. The molecule has 1 aliphatic rings. The summed E-state index contributed by atoms with van der Waals surface area (Å²) in [5.41, 5.74) is 2.49. The molecular formula is C17H26N2O2. The van der Waals surface area contributed by atoms with Gasteiger partial charge in [-0.25, -0.2) is 4.79 Å². The van der Waals surface area contributed by atoms with Crippen molar-refractivity contribution in [1.29, 1.82) is 0 Å². The number of nitrogens with one attached hydrogen (secondary N) is 2. The molecule has 1 aromatic rings. The average molecular weight is 290 g/mol. The second kappa shape index (κ2) is 7.46. The zero-order valence-corrected chi connectivity index (χ0v) is 12.9. The Morgan fingerprint density at radius 3 is 2.71 bits per heavy atom. The molecule has 0 bridgehead atoms. The zero-order chi connectivity index (χ0) is 15.2. The van der Waals surface area contributed by atoms with E-state index in [1.165, 1.54) is 11.1 Å². The molecule has 1 aliphatic carbocycles. The molecule has 21 heavy (non-hydrogen) atoms. The average Bonchev–Trinajstić information content (AvgIpc) is 2.47. The van der Waals surface area contributed by atoms with Crippen LogP contribution in [0.1, 0.15) is 49.7 Å². The molecule has 0 saturated heterocycles. The number of aryl methyl sites for hydroxylation is 1. The maximum Gasteiger partial charge on any atom is 0.315 e. The van der Waals surface area contributed by atoms with Crippen molar-refractivity contribution in [2.75, 3.05) is 6.54 Å². The molecule has 116 valence electrons. The molecule has 3 N–H and O–H groups in total. The lowest BCUT2D eigenvalue weighted by Gasteiger charge is -2.26. The molecule has 4 heteroatoms. The van der Waals surface area contributed by atoms with Crippen LogP contribution < -0.4 is 10.6 Å². The van der Waals surface area contributed by atoms with Crippen molar-refractivity contribution in [3.63, 3.8) is 0 Å². The highest BCUT2D eigenvalue weighted by Crippen LogP contribution is 2.18. The third-order valence-electron chi connectivity index (χ3n) is 4.21. The summed E-state index contributed by atoms with van der Waals surface area (Å²) in [6.45, 7) is 4.82. The summed E-state index contributed by atoms with van der Waals surface area (Å²) in [5, 5.41) is 15.4. The number of hydrogen-bond acceptors (Lipinski definition) is 2. The first-order valence-corrected chi connectivity index (χ1v) is 7.83.